The molecule has 2 unspecified atom stereocenters. The molecule has 1 saturated carbocycles. The maximum Gasteiger partial charge on any atom is 0.315 e. The van der Waals surface area contributed by atoms with Crippen molar-refractivity contribution in [3.05, 3.63) is 53.5 Å². The first-order valence-corrected chi connectivity index (χ1v) is 12.5. The minimum absolute atomic E-state index is 0.00711. The molecule has 5 nitrogen and oxygen atoms in total. The lowest BCUT2D eigenvalue weighted by molar-refractivity contribution is -0.917. The van der Waals surface area contributed by atoms with Crippen molar-refractivity contribution in [2.45, 2.75) is 58.0 Å². The molecule has 1 aromatic carbocycles. The van der Waals surface area contributed by atoms with Crippen LogP contribution in [-0.2, 0) is 9.53 Å². The number of thiazole rings is 1. The van der Waals surface area contributed by atoms with Gasteiger partial charge in [-0.1, -0.05) is 18.6 Å². The molecule has 0 N–H and O–H groups in total. The van der Waals surface area contributed by atoms with Gasteiger partial charge in [-0.25, -0.2) is 19.2 Å². The average molecular weight is 450 g/mol. The van der Waals surface area contributed by atoms with E-state index in [1.807, 2.05) is 13.8 Å². The van der Waals surface area contributed by atoms with Crippen molar-refractivity contribution in [1.29, 1.82) is 0 Å². The van der Waals surface area contributed by atoms with Gasteiger partial charge in [0, 0.05) is 10.9 Å². The second-order valence-electron chi connectivity index (χ2n) is 9.23. The normalized spacial score (nSPS) is 24.7. The van der Waals surface area contributed by atoms with Crippen molar-refractivity contribution in [2.75, 3.05) is 19.8 Å². The zero-order valence-corrected chi connectivity index (χ0v) is 19.8. The summed E-state index contributed by atoms with van der Waals surface area (Å²) >= 11 is 1.68. The fraction of sp³-hybridized carbons (Fsp3) is 0.462. The number of morpholine rings is 1. The summed E-state index contributed by atoms with van der Waals surface area (Å²) in [7, 11) is 0. The Morgan fingerprint density at radius 2 is 1.94 bits per heavy atom. The van der Waals surface area contributed by atoms with Crippen molar-refractivity contribution in [3.63, 3.8) is 0 Å². The molecule has 1 saturated heterocycles. The zero-order chi connectivity index (χ0) is 22.3. The number of pyridine rings is 1. The lowest BCUT2D eigenvalue weighted by Crippen LogP contribution is -2.65. The topological polar surface area (TPSA) is 52.1 Å². The van der Waals surface area contributed by atoms with Crippen molar-refractivity contribution in [3.8, 4) is 10.6 Å². The van der Waals surface area contributed by atoms with E-state index in [4.69, 9.17) is 9.72 Å². The maximum atomic E-state index is 13.1. The van der Waals surface area contributed by atoms with Gasteiger partial charge in [0.2, 0.25) is 0 Å². The fourth-order valence-corrected chi connectivity index (χ4v) is 6.68. The van der Waals surface area contributed by atoms with Gasteiger partial charge in [0.1, 0.15) is 19.2 Å². The summed E-state index contributed by atoms with van der Waals surface area (Å²) in [5.41, 5.74) is 4.11. The van der Waals surface area contributed by atoms with Gasteiger partial charge in [-0.15, -0.1) is 11.3 Å². The highest BCUT2D eigenvalue weighted by atomic mass is 32.1. The Bertz CT molecular complexity index is 1150. The Hall–Kier alpha value is -2.15. The smallest absolute Gasteiger partial charge is 0.315 e. The summed E-state index contributed by atoms with van der Waals surface area (Å²) in [6, 6.07) is 11.0. The number of carbonyl (C=O) groups is 1. The van der Waals surface area contributed by atoms with Crippen LogP contribution in [0.25, 0.3) is 21.5 Å². The number of rotatable bonds is 3. The minimum atomic E-state index is -0.00711. The second-order valence-corrected chi connectivity index (χ2v) is 10.4. The third kappa shape index (κ3) is 3.68. The molecule has 1 radical (unpaired) electrons. The quantitative estimate of drug-likeness (QED) is 0.492. The van der Waals surface area contributed by atoms with Gasteiger partial charge in [0.15, 0.2) is 0 Å². The first kappa shape index (κ1) is 21.7. The van der Waals surface area contributed by atoms with E-state index in [-0.39, 0.29) is 11.9 Å². The lowest BCUT2D eigenvalue weighted by Gasteiger charge is -2.50. The van der Waals surface area contributed by atoms with Crippen LogP contribution in [0.2, 0.25) is 0 Å². The van der Waals surface area contributed by atoms with Gasteiger partial charge in [0.25, 0.3) is 0 Å². The first-order valence-electron chi connectivity index (χ1n) is 11.7. The number of aromatic nitrogens is 2. The number of hydrogen-bond donors (Lipinski definition) is 0. The first-order chi connectivity index (χ1) is 15.5. The molecular weight excluding hydrogens is 418 g/mol. The molecule has 5 rings (SSSR count). The molecule has 2 aromatic heterocycles. The molecule has 167 valence electrons. The van der Waals surface area contributed by atoms with Crippen LogP contribution in [0.3, 0.4) is 0 Å². The van der Waals surface area contributed by atoms with Crippen molar-refractivity contribution >= 4 is 28.1 Å². The molecule has 32 heavy (non-hydrogen) atoms. The Morgan fingerprint density at radius 1 is 1.12 bits per heavy atom. The Balaban J connectivity index is 1.54. The Labute approximate surface area is 194 Å². The van der Waals surface area contributed by atoms with E-state index in [0.29, 0.717) is 23.7 Å². The third-order valence-corrected chi connectivity index (χ3v) is 8.46. The number of fused-ring (bicyclic) bond motifs is 1. The van der Waals surface area contributed by atoms with Gasteiger partial charge in [-0.2, -0.15) is 0 Å². The highest BCUT2D eigenvalue weighted by Gasteiger charge is 2.50. The number of hydrogen-bond acceptors (Lipinski definition) is 5. The summed E-state index contributed by atoms with van der Waals surface area (Å²) in [6.45, 7) is 9.94. The van der Waals surface area contributed by atoms with Gasteiger partial charge >= 0.3 is 5.91 Å². The molecule has 1 aliphatic heterocycles. The van der Waals surface area contributed by atoms with Crippen LogP contribution in [0.1, 0.15) is 54.4 Å². The minimum Gasteiger partial charge on any atom is -0.369 e. The van der Waals surface area contributed by atoms with Gasteiger partial charge in [0.05, 0.1) is 46.4 Å². The number of carbonyl (C=O) groups excluding carboxylic acids is 1. The highest BCUT2D eigenvalue weighted by Crippen LogP contribution is 2.41. The second kappa shape index (κ2) is 8.65. The van der Waals surface area contributed by atoms with E-state index in [1.165, 1.54) is 19.3 Å². The Kier molecular flexibility index (Phi) is 5.86. The lowest BCUT2D eigenvalue weighted by atomic mass is 9.88. The van der Waals surface area contributed by atoms with Crippen molar-refractivity contribution in [1.82, 2.24) is 9.97 Å². The zero-order valence-electron chi connectivity index (χ0n) is 19.0. The molecule has 1 amide bonds. The predicted octanol–water partition coefficient (Wildman–Crippen LogP) is 5.56. The van der Waals surface area contributed by atoms with Crippen LogP contribution >= 0.6 is 11.3 Å². The van der Waals surface area contributed by atoms with E-state index < -0.39 is 0 Å². The molecule has 6 heteroatoms. The SMILES string of the molecule is [CH2]C(=O)[N+]1(C2CCCCC2)CCOCC1c1ccc2nc(-c3sc(C)nc3C)ccc2c1. The third-order valence-electron chi connectivity index (χ3n) is 7.36. The maximum absolute atomic E-state index is 13.1. The summed E-state index contributed by atoms with van der Waals surface area (Å²) in [5.74, 6) is 0.0369. The largest absolute Gasteiger partial charge is 0.369 e. The standard InChI is InChI=1S/C26H31N3O2S/c1-17-26(32-18(2)27-17)24-12-9-20-15-21(10-11-23(20)28-24)25-16-31-14-13-29(25,19(3)30)22-7-5-4-6-8-22/h9-12,15,22,25H,3-8,13-14,16H2,1-2H3/q+1. The monoisotopic (exact) mass is 449 g/mol. The number of aryl methyl sites for hydroxylation is 2. The van der Waals surface area contributed by atoms with E-state index >= 15 is 0 Å². The summed E-state index contributed by atoms with van der Waals surface area (Å²) < 4.78 is 6.36. The average Bonchev–Trinajstić information content (AvgIpc) is 3.16. The summed E-state index contributed by atoms with van der Waals surface area (Å²) in [4.78, 5) is 23.7. The molecule has 0 spiro atoms. The number of ether oxygens (including phenoxy) is 1. The fourth-order valence-electron chi connectivity index (χ4n) is 5.79. The van der Waals surface area contributed by atoms with Crippen LogP contribution in [0.4, 0.5) is 0 Å². The molecule has 2 atom stereocenters. The van der Waals surface area contributed by atoms with Crippen LogP contribution in [0.15, 0.2) is 30.3 Å². The molecule has 3 aromatic rings. The Morgan fingerprint density at radius 3 is 2.66 bits per heavy atom. The van der Waals surface area contributed by atoms with Crippen LogP contribution < -0.4 is 0 Å². The number of amides is 1. The van der Waals surface area contributed by atoms with Crippen molar-refractivity contribution in [2.24, 2.45) is 0 Å². The van der Waals surface area contributed by atoms with E-state index in [0.717, 1.165) is 57.1 Å². The van der Waals surface area contributed by atoms with Gasteiger partial charge in [-0.05, 0) is 57.7 Å². The molecular formula is C26H31N3O2S+. The summed E-state index contributed by atoms with van der Waals surface area (Å²) in [5, 5.41) is 2.15. The van der Waals surface area contributed by atoms with E-state index in [2.05, 4.69) is 42.2 Å². The molecule has 1 aliphatic carbocycles. The van der Waals surface area contributed by atoms with Crippen LogP contribution in [0.5, 0.6) is 0 Å². The van der Waals surface area contributed by atoms with E-state index in [9.17, 15) is 4.79 Å². The number of quaternary nitrogens is 1. The molecule has 0 bridgehead atoms. The van der Waals surface area contributed by atoms with Crippen LogP contribution in [0, 0.1) is 20.8 Å². The highest BCUT2D eigenvalue weighted by molar-refractivity contribution is 7.15. The molecule has 2 fully saturated rings. The summed E-state index contributed by atoms with van der Waals surface area (Å²) in [6.07, 6.45) is 5.87. The van der Waals surface area contributed by atoms with Crippen molar-refractivity contribution < 1.29 is 14.0 Å². The number of nitrogens with zero attached hydrogens (tertiary/aromatic N) is 3. The van der Waals surface area contributed by atoms with Crippen LogP contribution in [-0.4, -0.2) is 46.2 Å². The number of benzene rings is 1. The predicted molar refractivity (Wildman–Crippen MR) is 128 cm³/mol. The van der Waals surface area contributed by atoms with Gasteiger partial charge < -0.3 is 4.74 Å². The molecule has 2 aliphatic rings. The van der Waals surface area contributed by atoms with Gasteiger partial charge in [-0.3, -0.25) is 0 Å². The van der Waals surface area contributed by atoms with E-state index in [1.54, 1.807) is 11.3 Å². The molecule has 3 heterocycles.